The smallest absolute Gasteiger partial charge is 0.0849 e. The topological polar surface area (TPSA) is 64.1 Å². The van der Waals surface area contributed by atoms with Gasteiger partial charge in [0.15, 0.2) is 0 Å². The van der Waals surface area contributed by atoms with Gasteiger partial charge in [0, 0.05) is 19.0 Å². The fourth-order valence-corrected chi connectivity index (χ4v) is 3.01. The normalized spacial score (nSPS) is 14.9. The third kappa shape index (κ3) is 3.71. The zero-order valence-electron chi connectivity index (χ0n) is 12.4. The molecule has 0 aliphatic heterocycles. The summed E-state index contributed by atoms with van der Waals surface area (Å²) in [4.78, 5) is 0. The Balaban J connectivity index is 3.06. The molecule has 19 heavy (non-hydrogen) atoms. The number of aromatic nitrogens is 2. The van der Waals surface area contributed by atoms with Crippen LogP contribution in [-0.2, 0) is 19.9 Å². The molecular weight excluding hydrogens is 262 g/mol. The SMILES string of the molecule is CCc1nn(C)c(CC(CN)(CO)CC(C)C)c1Cl. The second-order valence-electron chi connectivity index (χ2n) is 5.82. The lowest BCUT2D eigenvalue weighted by molar-refractivity contribution is 0.106. The standard InChI is InChI=1S/C14H26ClN3O/c1-5-11-13(15)12(18(4)17-11)7-14(8-16,9-19)6-10(2)3/h10,19H,5-9,16H2,1-4H3. The van der Waals surface area contributed by atoms with E-state index in [1.54, 1.807) is 0 Å². The van der Waals surface area contributed by atoms with Crippen LogP contribution >= 0.6 is 11.6 Å². The lowest BCUT2D eigenvalue weighted by Crippen LogP contribution is -2.38. The number of halogens is 1. The number of hydrogen-bond donors (Lipinski definition) is 2. The van der Waals surface area contributed by atoms with Crippen molar-refractivity contribution in [2.75, 3.05) is 13.2 Å². The lowest BCUT2D eigenvalue weighted by atomic mass is 9.77. The molecule has 0 amide bonds. The van der Waals surface area contributed by atoms with E-state index in [0.717, 1.165) is 29.3 Å². The zero-order chi connectivity index (χ0) is 14.6. The fourth-order valence-electron chi connectivity index (χ4n) is 2.65. The fraction of sp³-hybridized carbons (Fsp3) is 0.786. The second kappa shape index (κ2) is 6.73. The maximum absolute atomic E-state index is 9.78. The van der Waals surface area contributed by atoms with Gasteiger partial charge < -0.3 is 10.8 Å². The maximum Gasteiger partial charge on any atom is 0.0849 e. The Bertz CT molecular complexity index is 411. The molecule has 0 fully saturated rings. The van der Waals surface area contributed by atoms with E-state index < -0.39 is 0 Å². The van der Waals surface area contributed by atoms with Crippen molar-refractivity contribution in [1.29, 1.82) is 0 Å². The van der Waals surface area contributed by atoms with Crippen LogP contribution in [0.15, 0.2) is 0 Å². The molecule has 0 aliphatic rings. The van der Waals surface area contributed by atoms with E-state index in [1.165, 1.54) is 0 Å². The molecule has 1 atom stereocenters. The van der Waals surface area contributed by atoms with Crippen molar-refractivity contribution < 1.29 is 5.11 Å². The Morgan fingerprint density at radius 2 is 2.11 bits per heavy atom. The van der Waals surface area contributed by atoms with Gasteiger partial charge in [-0.05, 0) is 25.2 Å². The van der Waals surface area contributed by atoms with Crippen LogP contribution in [0.2, 0.25) is 5.02 Å². The van der Waals surface area contributed by atoms with Crippen molar-refractivity contribution in [3.8, 4) is 0 Å². The summed E-state index contributed by atoms with van der Waals surface area (Å²) in [7, 11) is 1.90. The molecule has 0 aromatic carbocycles. The van der Waals surface area contributed by atoms with E-state index in [0.29, 0.717) is 18.9 Å². The highest BCUT2D eigenvalue weighted by atomic mass is 35.5. The molecule has 110 valence electrons. The predicted octanol–water partition coefficient (Wildman–Crippen LogP) is 2.16. The molecule has 1 aromatic heterocycles. The molecule has 3 N–H and O–H groups in total. The first-order valence-electron chi connectivity index (χ1n) is 6.90. The molecule has 0 aliphatic carbocycles. The van der Waals surface area contributed by atoms with E-state index in [2.05, 4.69) is 18.9 Å². The monoisotopic (exact) mass is 287 g/mol. The average Bonchev–Trinajstić information content (AvgIpc) is 2.64. The summed E-state index contributed by atoms with van der Waals surface area (Å²) < 4.78 is 1.82. The summed E-state index contributed by atoms with van der Waals surface area (Å²) in [5.74, 6) is 0.480. The number of aryl methyl sites for hydroxylation is 2. The molecule has 0 spiro atoms. The van der Waals surface area contributed by atoms with Crippen molar-refractivity contribution in [2.24, 2.45) is 24.1 Å². The number of nitrogens with zero attached hydrogens (tertiary/aromatic N) is 2. The van der Waals surface area contributed by atoms with Crippen LogP contribution in [0.4, 0.5) is 0 Å². The first-order chi connectivity index (χ1) is 8.89. The molecule has 4 nitrogen and oxygen atoms in total. The van der Waals surface area contributed by atoms with E-state index in [-0.39, 0.29) is 12.0 Å². The van der Waals surface area contributed by atoms with Gasteiger partial charge >= 0.3 is 0 Å². The maximum atomic E-state index is 9.78. The highest BCUT2D eigenvalue weighted by molar-refractivity contribution is 6.31. The van der Waals surface area contributed by atoms with Crippen LogP contribution < -0.4 is 5.73 Å². The van der Waals surface area contributed by atoms with Crippen LogP contribution in [0.25, 0.3) is 0 Å². The number of hydrogen-bond acceptors (Lipinski definition) is 3. The van der Waals surface area contributed by atoms with Gasteiger partial charge in [-0.2, -0.15) is 5.10 Å². The third-order valence-corrected chi connectivity index (χ3v) is 4.09. The van der Waals surface area contributed by atoms with Crippen molar-refractivity contribution in [3.05, 3.63) is 16.4 Å². The summed E-state index contributed by atoms with van der Waals surface area (Å²) in [6.07, 6.45) is 2.36. The minimum absolute atomic E-state index is 0.0741. The molecule has 1 rings (SSSR count). The summed E-state index contributed by atoms with van der Waals surface area (Å²) >= 11 is 6.38. The third-order valence-electron chi connectivity index (χ3n) is 3.66. The number of nitrogens with two attached hydrogens (primary N) is 1. The first-order valence-corrected chi connectivity index (χ1v) is 7.28. The van der Waals surface area contributed by atoms with E-state index >= 15 is 0 Å². The molecule has 0 radical (unpaired) electrons. The van der Waals surface area contributed by atoms with Crippen LogP contribution in [0.5, 0.6) is 0 Å². The molecule has 0 bridgehead atoms. The van der Waals surface area contributed by atoms with Crippen molar-refractivity contribution >= 4 is 11.6 Å². The van der Waals surface area contributed by atoms with Gasteiger partial charge in [0.05, 0.1) is 23.0 Å². The van der Waals surface area contributed by atoms with Gasteiger partial charge in [-0.1, -0.05) is 32.4 Å². The van der Waals surface area contributed by atoms with E-state index in [1.807, 2.05) is 18.7 Å². The quantitative estimate of drug-likeness (QED) is 0.808. The van der Waals surface area contributed by atoms with Gasteiger partial charge in [-0.15, -0.1) is 0 Å². The molecular formula is C14H26ClN3O. The number of aliphatic hydroxyl groups excluding tert-OH is 1. The molecule has 0 saturated carbocycles. The van der Waals surface area contributed by atoms with Crippen molar-refractivity contribution in [2.45, 2.75) is 40.0 Å². The summed E-state index contributed by atoms with van der Waals surface area (Å²) in [5.41, 5.74) is 7.49. The van der Waals surface area contributed by atoms with Crippen LogP contribution in [0.3, 0.4) is 0 Å². The van der Waals surface area contributed by atoms with Gasteiger partial charge in [0.1, 0.15) is 0 Å². The highest BCUT2D eigenvalue weighted by Crippen LogP contribution is 2.33. The number of rotatable bonds is 7. The Morgan fingerprint density at radius 1 is 1.47 bits per heavy atom. The molecule has 1 heterocycles. The molecule has 5 heteroatoms. The van der Waals surface area contributed by atoms with E-state index in [9.17, 15) is 5.11 Å². The highest BCUT2D eigenvalue weighted by Gasteiger charge is 2.32. The summed E-state index contributed by atoms with van der Waals surface area (Å²) in [6.45, 7) is 6.84. The predicted molar refractivity (Wildman–Crippen MR) is 79.3 cm³/mol. The zero-order valence-corrected chi connectivity index (χ0v) is 13.2. The average molecular weight is 288 g/mol. The lowest BCUT2D eigenvalue weighted by Gasteiger charge is -2.32. The summed E-state index contributed by atoms with van der Waals surface area (Å²) in [6, 6.07) is 0. The molecule has 1 unspecified atom stereocenters. The van der Waals surface area contributed by atoms with Crippen LogP contribution in [-0.4, -0.2) is 28.0 Å². The van der Waals surface area contributed by atoms with Crippen LogP contribution in [0, 0.1) is 11.3 Å². The van der Waals surface area contributed by atoms with Crippen LogP contribution in [0.1, 0.15) is 38.6 Å². The van der Waals surface area contributed by atoms with Gasteiger partial charge in [0.2, 0.25) is 0 Å². The van der Waals surface area contributed by atoms with E-state index in [4.69, 9.17) is 17.3 Å². The first kappa shape index (κ1) is 16.5. The minimum Gasteiger partial charge on any atom is -0.396 e. The number of aliphatic hydroxyl groups is 1. The van der Waals surface area contributed by atoms with Crippen molar-refractivity contribution in [1.82, 2.24) is 9.78 Å². The molecule has 0 saturated heterocycles. The second-order valence-corrected chi connectivity index (χ2v) is 6.20. The Morgan fingerprint density at radius 3 is 2.47 bits per heavy atom. The van der Waals surface area contributed by atoms with Crippen molar-refractivity contribution in [3.63, 3.8) is 0 Å². The Hall–Kier alpha value is -0.580. The summed E-state index contributed by atoms with van der Waals surface area (Å²) in [5, 5.41) is 14.9. The van der Waals surface area contributed by atoms with Gasteiger partial charge in [-0.3, -0.25) is 4.68 Å². The minimum atomic E-state index is -0.309. The van der Waals surface area contributed by atoms with Gasteiger partial charge in [-0.25, -0.2) is 0 Å². The molecule has 1 aromatic rings. The largest absolute Gasteiger partial charge is 0.396 e. The Labute approximate surface area is 120 Å². The van der Waals surface area contributed by atoms with Gasteiger partial charge in [0.25, 0.3) is 0 Å². The Kier molecular flexibility index (Phi) is 5.83.